The second kappa shape index (κ2) is 45.0. The van der Waals surface area contributed by atoms with Crippen molar-refractivity contribution in [1.82, 2.24) is 59.5 Å². The Hall–Kier alpha value is -8.82. The highest BCUT2D eigenvalue weighted by Gasteiger charge is 2.55. The number of anilines is 8. The first kappa shape index (κ1) is 106. The van der Waals surface area contributed by atoms with E-state index < -0.39 is 34.2 Å². The lowest BCUT2D eigenvalue weighted by atomic mass is 9.63. The first-order valence-electron chi connectivity index (χ1n) is 53.4. The summed E-state index contributed by atoms with van der Waals surface area (Å²) in [6.45, 7) is 40.1. The quantitative estimate of drug-likeness (QED) is 0.0216. The van der Waals surface area contributed by atoms with Gasteiger partial charge in [-0.05, 0) is 350 Å². The number of nitrogens with one attached hydrogen (secondary N) is 4. The number of hydrogen-bond donors (Lipinski definition) is 8. The second-order valence-corrected chi connectivity index (χ2v) is 49.1. The minimum absolute atomic E-state index is 0.0146. The Labute approximate surface area is 892 Å². The van der Waals surface area contributed by atoms with Gasteiger partial charge in [-0.15, -0.1) is 22.7 Å². The van der Waals surface area contributed by atoms with Gasteiger partial charge in [-0.3, -0.25) is 14.4 Å². The van der Waals surface area contributed by atoms with Crippen LogP contribution in [0.2, 0.25) is 25.1 Å². The maximum Gasteiger partial charge on any atom is 0.309 e. The lowest BCUT2D eigenvalue weighted by Gasteiger charge is -2.53. The fourth-order valence-corrected chi connectivity index (χ4v) is 28.4. The van der Waals surface area contributed by atoms with Crippen molar-refractivity contribution in [3.8, 4) is 0 Å². The normalized spacial score (nSPS) is 26.0. The van der Waals surface area contributed by atoms with Crippen molar-refractivity contribution in [2.24, 2.45) is 63.6 Å². The second-order valence-electron chi connectivity index (χ2n) is 45.2. The molecular weight excluding hydrogens is 1980 g/mol. The van der Waals surface area contributed by atoms with E-state index in [4.69, 9.17) is 92.9 Å². The fourth-order valence-electron chi connectivity index (χ4n) is 25.1. The molecule has 4 aromatic carbocycles. The molecule has 8 atom stereocenters. The Morgan fingerprint density at radius 1 is 0.418 bits per heavy atom. The van der Waals surface area contributed by atoms with Crippen LogP contribution in [0.5, 0.6) is 0 Å². The molecule has 0 radical (unpaired) electrons. The lowest BCUT2D eigenvalue weighted by molar-refractivity contribution is -0.161. The van der Waals surface area contributed by atoms with Crippen molar-refractivity contribution in [2.45, 2.75) is 234 Å². The summed E-state index contributed by atoms with van der Waals surface area (Å²) in [6, 6.07) is 30.2. The number of halogens is 5. The van der Waals surface area contributed by atoms with Crippen LogP contribution in [0.1, 0.15) is 231 Å². The predicted octanol–water partition coefficient (Wildman–Crippen LogP) is 22.8. The standard InChI is InChI=1S/2C29H36ClN5O2S.C28H37Cl2N5O2.C26H36ClN5O/c1-17-6-7-22(23(30)11-17)18(2)31-26-25-24(8-10-38-25)32-28(33-26)35-15-20(16-35)19-5-4-9-34(14-19)21-12-29(3,13-21)27(36)37;1-17-6-7-22(24(30)11-17)18(2)31-25-23-8-10-38-26(23)33-28(32-25)35-15-20(16-35)19-5-4-9-34(14-19)21-12-29(3,13-21)27(36)37;1-4-28(26(36)37)11-21(12-28)34-9-5-6-19(14-34)20-15-35(16-20)27-31-13-24(30)25(33-27)32-18(3)22-8-7-17(2)10-23(22)29;1-17-8-9-21(23(27)13-17)18(2)28-25-22-6-3-7-24(22)29-26(30-25)32-15-20(16-32)19-5-4-10-31(14-19)11-12-33/h2*6-8,10-11,18-21H,4-5,9,12-16H2,1-3H3,(H,36,37)(H,31,32,33);7-8,10,13,18-21H,4-6,9,11-12,14-16H2,1-3H3,(H,36,37)(H,31,32,33);8-9,13,18-20,33H,3-7,10-12,14-16H2,1-2H3,(H,28,29,30). The molecule has 146 heavy (non-hydrogen) atoms. The third-order valence-electron chi connectivity index (χ3n) is 34.7. The monoisotopic (exact) mass is 2120 g/mol. The summed E-state index contributed by atoms with van der Waals surface area (Å²) < 4.78 is 1.07. The highest BCUT2D eigenvalue weighted by atomic mass is 35.5. The molecule has 8 unspecified atom stereocenters. The summed E-state index contributed by atoms with van der Waals surface area (Å²) >= 11 is 35.9. The van der Waals surface area contributed by atoms with Crippen LogP contribution < -0.4 is 40.9 Å². The summed E-state index contributed by atoms with van der Waals surface area (Å²) in [4.78, 5) is 94.1. The zero-order valence-electron chi connectivity index (χ0n) is 86.3. The van der Waals surface area contributed by atoms with E-state index in [9.17, 15) is 34.8 Å². The number of aliphatic hydroxyl groups is 1. The molecule has 782 valence electrons. The van der Waals surface area contributed by atoms with Crippen LogP contribution in [0.3, 0.4) is 0 Å². The number of carboxylic acids is 3. The molecule has 8 aliphatic heterocycles. The van der Waals surface area contributed by atoms with E-state index in [0.29, 0.717) is 76.3 Å². The molecule has 0 bridgehead atoms. The van der Waals surface area contributed by atoms with Gasteiger partial charge in [0.1, 0.15) is 27.3 Å². The van der Waals surface area contributed by atoms with Crippen LogP contribution in [-0.4, -0.2) is 234 Å². The smallest absolute Gasteiger partial charge is 0.309 e. The van der Waals surface area contributed by atoms with E-state index in [-0.39, 0.29) is 30.8 Å². The molecule has 0 spiro atoms. The van der Waals surface area contributed by atoms with Gasteiger partial charge in [0.25, 0.3) is 0 Å². The largest absolute Gasteiger partial charge is 0.481 e. The Balaban J connectivity index is 0.000000123. The topological polar surface area (TPSA) is 309 Å². The average Bonchev–Trinajstić information content (AvgIpc) is 1.38. The van der Waals surface area contributed by atoms with Crippen LogP contribution >= 0.6 is 80.7 Å². The zero-order chi connectivity index (χ0) is 102. The number of aliphatic hydroxyl groups excluding tert-OH is 1. The van der Waals surface area contributed by atoms with Gasteiger partial charge < -0.3 is 80.9 Å². The number of nitrogens with zero attached hydrogens (tertiary/aromatic N) is 16. The third-order valence-corrected chi connectivity index (χ3v) is 38.0. The fraction of sp³-hybridized carbons (Fsp3) is 0.580. The zero-order valence-corrected chi connectivity index (χ0v) is 91.7. The molecule has 8 N–H and O–H groups in total. The van der Waals surface area contributed by atoms with E-state index in [1.807, 2.05) is 78.8 Å². The van der Waals surface area contributed by atoms with E-state index in [2.05, 4.69) is 159 Å². The van der Waals surface area contributed by atoms with Gasteiger partial charge in [-0.1, -0.05) is 113 Å². The van der Waals surface area contributed by atoms with E-state index in [1.54, 1.807) is 28.9 Å². The van der Waals surface area contributed by atoms with Crippen molar-refractivity contribution in [3.05, 3.63) is 183 Å². The molecular formula is C112H145Cl5N20O7S2. The number of aromatic nitrogens is 8. The first-order valence-corrected chi connectivity index (χ1v) is 57.0. The number of carbonyl (C=O) groups is 3. The minimum Gasteiger partial charge on any atom is -0.481 e. The maximum atomic E-state index is 11.7. The van der Waals surface area contributed by atoms with Gasteiger partial charge >= 0.3 is 17.9 Å². The number of thiophene rings is 2. The van der Waals surface area contributed by atoms with Crippen molar-refractivity contribution in [1.29, 1.82) is 0 Å². The van der Waals surface area contributed by atoms with E-state index in [0.717, 1.165) is 296 Å². The van der Waals surface area contributed by atoms with Crippen molar-refractivity contribution in [3.63, 3.8) is 0 Å². The number of β-amino-alcohol motifs (C(OH)–C–C–N with tert-alkyl or cyclic N) is 1. The number of aryl methyl sites for hydroxylation is 5. The molecule has 8 saturated heterocycles. The third kappa shape index (κ3) is 23.2. The number of aliphatic carboxylic acids is 3. The number of hydrogen-bond acceptors (Lipinski definition) is 26. The van der Waals surface area contributed by atoms with Gasteiger partial charge in [0, 0.05) is 129 Å². The predicted molar refractivity (Wildman–Crippen MR) is 592 cm³/mol. The number of likely N-dealkylation sites (tertiary alicyclic amines) is 4. The van der Waals surface area contributed by atoms with Gasteiger partial charge in [0.2, 0.25) is 23.8 Å². The van der Waals surface area contributed by atoms with Crippen molar-refractivity contribution >= 4 is 166 Å². The van der Waals surface area contributed by atoms with E-state index >= 15 is 0 Å². The summed E-state index contributed by atoms with van der Waals surface area (Å²) in [5.41, 5.74) is 10.7. The molecule has 3 saturated carbocycles. The average molecular weight is 2120 g/mol. The first-order chi connectivity index (χ1) is 70.1. The number of piperidine rings is 4. The Morgan fingerprint density at radius 2 is 0.808 bits per heavy atom. The van der Waals surface area contributed by atoms with Crippen LogP contribution in [0.4, 0.5) is 47.1 Å². The van der Waals surface area contributed by atoms with Crippen molar-refractivity contribution in [2.75, 3.05) is 159 Å². The van der Waals surface area contributed by atoms with Crippen molar-refractivity contribution < 1.29 is 34.8 Å². The molecule has 11 fully saturated rings. The Kier molecular flexibility index (Phi) is 32.6. The highest BCUT2D eigenvalue weighted by Crippen LogP contribution is 2.52. The summed E-state index contributed by atoms with van der Waals surface area (Å²) in [7, 11) is 0. The van der Waals surface area contributed by atoms with E-state index in [1.165, 1.54) is 68.2 Å². The molecule has 27 nitrogen and oxygen atoms in total. The van der Waals surface area contributed by atoms with Crippen LogP contribution in [0, 0.1) is 91.3 Å². The molecule has 14 heterocycles. The number of fused-ring (bicyclic) bond motifs is 3. The molecule has 34 heteroatoms. The highest BCUT2D eigenvalue weighted by molar-refractivity contribution is 7.17. The number of carboxylic acid groups (broad SMARTS) is 3. The molecule has 12 aliphatic rings. The minimum atomic E-state index is -0.648. The Morgan fingerprint density at radius 3 is 1.25 bits per heavy atom. The molecule has 22 rings (SSSR count). The van der Waals surface area contributed by atoms with Gasteiger partial charge in [-0.2, -0.15) is 19.9 Å². The molecule has 10 aromatic rings. The molecule has 6 aromatic heterocycles. The van der Waals surface area contributed by atoms with Crippen LogP contribution in [-0.2, 0) is 27.2 Å². The molecule has 0 amide bonds. The SMILES string of the molecule is CCC1(C(=O)O)CC(N2CCCC(C3CN(c4ncc(Cl)c(NC(C)c5ccc(C)cc5Cl)n4)C3)C2)C1.Cc1ccc(C(C)Nc2nc(N3CC(C4CCCN(C5CC(C)(C(=O)O)C5)C4)C3)nc3ccsc23)c(Cl)c1.Cc1ccc(C(C)Nc2nc(N3CC(C4CCCN(C5CC(C)(C(=O)O)C5)C4)C3)nc3sccc23)c(Cl)c1.Cc1ccc(C(C)Nc2nc(N3CC(C4CCCN(CCO)C4)C3)nc3c2CCC3)c(Cl)c1. The summed E-state index contributed by atoms with van der Waals surface area (Å²) in [6.07, 6.45) is 20.2. The van der Waals surface area contributed by atoms with Gasteiger partial charge in [0.15, 0.2) is 5.82 Å². The van der Waals surface area contributed by atoms with Gasteiger partial charge in [-0.25, -0.2) is 19.9 Å². The lowest BCUT2D eigenvalue weighted by Crippen LogP contribution is -2.59. The number of benzene rings is 4. The number of rotatable bonds is 29. The van der Waals surface area contributed by atoms with Crippen LogP contribution in [0.25, 0.3) is 20.4 Å². The summed E-state index contributed by atoms with van der Waals surface area (Å²) in [5.74, 6) is 9.80. The maximum absolute atomic E-state index is 11.7. The summed E-state index contributed by atoms with van der Waals surface area (Å²) in [5, 5.41) is 60.9. The van der Waals surface area contributed by atoms with Crippen LogP contribution in [0.15, 0.2) is 102 Å². The molecule has 4 aliphatic carbocycles. The van der Waals surface area contributed by atoms with Gasteiger partial charge in [0.05, 0.1) is 74.5 Å². The Bertz CT molecular complexity index is 6130.